The van der Waals surface area contributed by atoms with Crippen molar-refractivity contribution < 1.29 is 9.59 Å². The first-order valence-electron chi connectivity index (χ1n) is 6.99. The van der Waals surface area contributed by atoms with Crippen LogP contribution in [0, 0.1) is 6.92 Å². The van der Waals surface area contributed by atoms with Gasteiger partial charge in [0.15, 0.2) is 6.29 Å². The van der Waals surface area contributed by atoms with Gasteiger partial charge in [-0.2, -0.15) is 0 Å². The van der Waals surface area contributed by atoms with Crippen LogP contribution in [0.2, 0.25) is 0 Å². The summed E-state index contributed by atoms with van der Waals surface area (Å²) in [6, 6.07) is 15.5. The lowest BCUT2D eigenvalue weighted by Crippen LogP contribution is -1.97. The van der Waals surface area contributed by atoms with Crippen molar-refractivity contribution in [1.82, 2.24) is 0 Å². The van der Waals surface area contributed by atoms with Crippen molar-refractivity contribution in [3.05, 3.63) is 80.0 Å². The van der Waals surface area contributed by atoms with E-state index in [2.05, 4.69) is 0 Å². The standard InChI is InChI=1S/C18H15O2PS/c1-12-2-4-13(5-3-12)18(20)17-9-8-16(22-17)10-14-6-7-15(11-19)21-14/h2-9,11,21H,10H2,1H3. The lowest BCUT2D eigenvalue weighted by atomic mass is 10.1. The lowest BCUT2D eigenvalue weighted by Gasteiger charge is -1.99. The Morgan fingerprint density at radius 1 is 1.09 bits per heavy atom. The molecule has 22 heavy (non-hydrogen) atoms. The second-order valence-electron chi connectivity index (χ2n) is 5.19. The molecular formula is C18H15O2PS. The molecule has 110 valence electrons. The Kier molecular flexibility index (Phi) is 4.37. The molecule has 0 saturated heterocycles. The number of aldehydes is 1. The summed E-state index contributed by atoms with van der Waals surface area (Å²) >= 11 is 1.54. The predicted octanol–water partition coefficient (Wildman–Crippen LogP) is 4.72. The average Bonchev–Trinajstić information content (AvgIpc) is 3.17. The van der Waals surface area contributed by atoms with Gasteiger partial charge in [-0.1, -0.05) is 35.9 Å². The summed E-state index contributed by atoms with van der Waals surface area (Å²) in [5.74, 6) is 0.0748. The maximum atomic E-state index is 12.4. The van der Waals surface area contributed by atoms with E-state index in [9.17, 15) is 9.59 Å². The molecule has 2 heterocycles. The van der Waals surface area contributed by atoms with E-state index < -0.39 is 0 Å². The highest BCUT2D eigenvalue weighted by Gasteiger charge is 2.12. The van der Waals surface area contributed by atoms with E-state index in [1.54, 1.807) is 0 Å². The molecule has 2 aromatic heterocycles. The minimum absolute atomic E-state index is 0.0748. The van der Waals surface area contributed by atoms with Gasteiger partial charge in [0.2, 0.25) is 5.78 Å². The van der Waals surface area contributed by atoms with Crippen LogP contribution in [0.3, 0.4) is 0 Å². The van der Waals surface area contributed by atoms with Crippen LogP contribution in [-0.4, -0.2) is 12.1 Å². The highest BCUT2D eigenvalue weighted by atomic mass is 32.1. The molecule has 0 fully saturated rings. The summed E-state index contributed by atoms with van der Waals surface area (Å²) in [5, 5.41) is 2.10. The summed E-state index contributed by atoms with van der Waals surface area (Å²) in [4.78, 5) is 25.1. The fraction of sp³-hybridized carbons (Fsp3) is 0.111. The smallest absolute Gasteiger partial charge is 0.202 e. The minimum Gasteiger partial charge on any atom is -0.298 e. The topological polar surface area (TPSA) is 34.1 Å². The van der Waals surface area contributed by atoms with Crippen LogP contribution >= 0.6 is 19.5 Å². The van der Waals surface area contributed by atoms with E-state index in [1.165, 1.54) is 16.6 Å². The number of ketones is 1. The molecule has 3 aromatic rings. The summed E-state index contributed by atoms with van der Waals surface area (Å²) in [5.41, 5.74) is 1.88. The van der Waals surface area contributed by atoms with Gasteiger partial charge in [0.1, 0.15) is 0 Å². The molecule has 2 nitrogen and oxygen atoms in total. The zero-order valence-corrected chi connectivity index (χ0v) is 13.9. The second-order valence-corrected chi connectivity index (χ2v) is 7.83. The van der Waals surface area contributed by atoms with Gasteiger partial charge in [-0.15, -0.1) is 19.5 Å². The van der Waals surface area contributed by atoms with E-state index in [-0.39, 0.29) is 5.78 Å². The monoisotopic (exact) mass is 326 g/mol. The molecule has 1 unspecified atom stereocenters. The van der Waals surface area contributed by atoms with E-state index in [1.807, 2.05) is 55.5 Å². The fourth-order valence-electron chi connectivity index (χ4n) is 2.26. The van der Waals surface area contributed by atoms with Crippen molar-refractivity contribution in [3.63, 3.8) is 0 Å². The van der Waals surface area contributed by atoms with Gasteiger partial charge in [-0.05, 0) is 30.4 Å². The highest BCUT2D eigenvalue weighted by molar-refractivity contribution is 7.33. The zero-order valence-electron chi connectivity index (χ0n) is 12.1. The normalized spacial score (nSPS) is 11.0. The first-order valence-corrected chi connectivity index (χ1v) is 8.80. The Morgan fingerprint density at radius 2 is 1.86 bits per heavy atom. The number of rotatable bonds is 5. The van der Waals surface area contributed by atoms with Crippen LogP contribution in [0.5, 0.6) is 0 Å². The Labute approximate surface area is 134 Å². The molecule has 0 radical (unpaired) electrons. The van der Waals surface area contributed by atoms with Crippen molar-refractivity contribution in [2.45, 2.75) is 13.3 Å². The zero-order chi connectivity index (χ0) is 15.5. The second kappa shape index (κ2) is 6.43. The number of hydrogen-bond donors (Lipinski definition) is 0. The SMILES string of the molecule is Cc1ccc(C(=O)c2ccc(Cc3ccc(C=O)[pH]3)s2)cc1. The van der Waals surface area contributed by atoms with E-state index in [0.29, 0.717) is 8.19 Å². The van der Waals surface area contributed by atoms with Crippen LogP contribution in [0.25, 0.3) is 0 Å². The third-order valence-electron chi connectivity index (χ3n) is 3.46. The van der Waals surface area contributed by atoms with Crippen molar-refractivity contribution in [3.8, 4) is 0 Å². The number of carbonyl (C=O) groups is 2. The largest absolute Gasteiger partial charge is 0.298 e. The van der Waals surface area contributed by atoms with Gasteiger partial charge < -0.3 is 0 Å². The van der Waals surface area contributed by atoms with Gasteiger partial charge in [-0.25, -0.2) is 0 Å². The Balaban J connectivity index is 1.76. The molecule has 0 aliphatic rings. The highest BCUT2D eigenvalue weighted by Crippen LogP contribution is 2.28. The third-order valence-corrected chi connectivity index (χ3v) is 5.78. The summed E-state index contributed by atoms with van der Waals surface area (Å²) in [6.07, 6.45) is 1.74. The first kappa shape index (κ1) is 15.0. The van der Waals surface area contributed by atoms with E-state index in [0.717, 1.165) is 38.9 Å². The van der Waals surface area contributed by atoms with Gasteiger partial charge in [-0.3, -0.25) is 9.59 Å². The van der Waals surface area contributed by atoms with Gasteiger partial charge >= 0.3 is 0 Å². The van der Waals surface area contributed by atoms with Crippen LogP contribution in [0.1, 0.15) is 41.1 Å². The molecule has 1 atom stereocenters. The number of aryl methyl sites for hydroxylation is 1. The Morgan fingerprint density at radius 3 is 2.55 bits per heavy atom. The van der Waals surface area contributed by atoms with Crippen LogP contribution in [0.4, 0.5) is 0 Å². The number of benzene rings is 1. The van der Waals surface area contributed by atoms with Crippen molar-refractivity contribution in [1.29, 1.82) is 0 Å². The van der Waals surface area contributed by atoms with Gasteiger partial charge in [0.05, 0.1) is 4.88 Å². The molecule has 3 rings (SSSR count). The molecule has 1 aromatic carbocycles. The molecule has 0 aliphatic heterocycles. The van der Waals surface area contributed by atoms with E-state index in [4.69, 9.17) is 0 Å². The molecule has 0 N–H and O–H groups in total. The Bertz CT molecular complexity index is 812. The summed E-state index contributed by atoms with van der Waals surface area (Å²) in [7, 11) is 0.467. The van der Waals surface area contributed by atoms with Crippen molar-refractivity contribution in [2.75, 3.05) is 0 Å². The van der Waals surface area contributed by atoms with Gasteiger partial charge in [0, 0.05) is 22.2 Å². The minimum atomic E-state index is 0.0748. The number of thiophene rings is 1. The van der Waals surface area contributed by atoms with Crippen LogP contribution in [0.15, 0.2) is 48.5 Å². The third kappa shape index (κ3) is 3.27. The maximum Gasteiger partial charge on any atom is 0.202 e. The number of carbonyl (C=O) groups excluding carboxylic acids is 2. The fourth-order valence-corrected chi connectivity index (χ4v) is 4.42. The molecule has 0 amide bonds. The van der Waals surface area contributed by atoms with E-state index >= 15 is 0 Å². The van der Waals surface area contributed by atoms with Crippen molar-refractivity contribution >= 4 is 31.6 Å². The lowest BCUT2D eigenvalue weighted by molar-refractivity contribution is 0.104. The van der Waals surface area contributed by atoms with Gasteiger partial charge in [0.25, 0.3) is 0 Å². The molecule has 0 spiro atoms. The summed E-state index contributed by atoms with van der Waals surface area (Å²) in [6.45, 7) is 2.01. The van der Waals surface area contributed by atoms with Crippen molar-refractivity contribution in [2.24, 2.45) is 0 Å². The maximum absolute atomic E-state index is 12.4. The number of hydrogen-bond acceptors (Lipinski definition) is 3. The molecule has 0 aliphatic carbocycles. The van der Waals surface area contributed by atoms with Crippen LogP contribution < -0.4 is 0 Å². The first-order chi connectivity index (χ1) is 10.7. The molecule has 0 bridgehead atoms. The average molecular weight is 326 g/mol. The quantitative estimate of drug-likeness (QED) is 0.502. The van der Waals surface area contributed by atoms with Crippen LogP contribution in [-0.2, 0) is 6.42 Å². The predicted molar refractivity (Wildman–Crippen MR) is 93.1 cm³/mol. The Hall–Kier alpha value is -1.96. The molecular weight excluding hydrogens is 311 g/mol. The molecule has 4 heteroatoms. The molecule has 0 saturated carbocycles. The summed E-state index contributed by atoms with van der Waals surface area (Å²) < 4.78 is 0.